The molecule has 0 radical (unpaired) electrons. The van der Waals surface area contributed by atoms with Crippen LogP contribution in [0.3, 0.4) is 0 Å². The number of hydrogen-bond donors (Lipinski definition) is 3. The van der Waals surface area contributed by atoms with Gasteiger partial charge in [-0.05, 0) is 83.1 Å². The van der Waals surface area contributed by atoms with E-state index < -0.39 is 67.7 Å². The van der Waals surface area contributed by atoms with Gasteiger partial charge in [-0.25, -0.2) is 18.2 Å². The first-order valence-electron chi connectivity index (χ1n) is 19.8. The first-order chi connectivity index (χ1) is 25.9. The summed E-state index contributed by atoms with van der Waals surface area (Å²) in [6.07, 6.45) is 9.49. The van der Waals surface area contributed by atoms with Crippen LogP contribution < -0.4 is 20.1 Å². The van der Waals surface area contributed by atoms with Crippen molar-refractivity contribution in [2.45, 2.75) is 140 Å². The largest absolute Gasteiger partial charge is 0.483 e. The van der Waals surface area contributed by atoms with Gasteiger partial charge in [-0.3, -0.25) is 19.1 Å². The number of ether oxygens (including phenoxy) is 2. The third-order valence-electron chi connectivity index (χ3n) is 12.3. The molecule has 55 heavy (non-hydrogen) atoms. The minimum atomic E-state index is -3.99. The van der Waals surface area contributed by atoms with Crippen molar-refractivity contribution < 1.29 is 37.1 Å². The SMILES string of the molecule is Cc1nc2ccccc2c2c1OC1(CC2)CC2C(=O)NC3(C(=O)NS(=O)(=O)C4(C)CC4)CCC3C=CCCCCCC(NC(=O)OCC(C)(C)C)C(=O)N2C1. The highest BCUT2D eigenvalue weighted by molar-refractivity contribution is 7.91. The molecule has 5 atom stereocenters. The maximum absolute atomic E-state index is 14.8. The van der Waals surface area contributed by atoms with Crippen LogP contribution in [0.5, 0.6) is 5.75 Å². The van der Waals surface area contributed by atoms with E-state index in [2.05, 4.69) is 15.4 Å². The fraction of sp³-hybridized carbons (Fsp3) is 0.634. The lowest BCUT2D eigenvalue weighted by atomic mass is 9.65. The van der Waals surface area contributed by atoms with Crippen molar-refractivity contribution in [2.24, 2.45) is 11.3 Å². The van der Waals surface area contributed by atoms with Gasteiger partial charge >= 0.3 is 6.09 Å². The maximum atomic E-state index is 14.8. The molecule has 7 rings (SSSR count). The van der Waals surface area contributed by atoms with E-state index in [9.17, 15) is 27.6 Å². The Bertz CT molecular complexity index is 2020. The van der Waals surface area contributed by atoms with E-state index in [1.165, 1.54) is 4.90 Å². The number of benzene rings is 1. The summed E-state index contributed by atoms with van der Waals surface area (Å²) in [5, 5.41) is 6.82. The second kappa shape index (κ2) is 14.4. The third kappa shape index (κ3) is 7.67. The quantitative estimate of drug-likeness (QED) is 0.348. The summed E-state index contributed by atoms with van der Waals surface area (Å²) in [5.41, 5.74) is -0.166. The number of fused-ring (bicyclic) bond motifs is 5. The van der Waals surface area contributed by atoms with Gasteiger partial charge in [0.25, 0.3) is 5.91 Å². The Morgan fingerprint density at radius 1 is 1.07 bits per heavy atom. The normalized spacial score (nSPS) is 29.3. The molecule has 1 aromatic heterocycles. The van der Waals surface area contributed by atoms with Crippen LogP contribution in [-0.2, 0) is 35.6 Å². The maximum Gasteiger partial charge on any atom is 0.407 e. The van der Waals surface area contributed by atoms with E-state index >= 15 is 0 Å². The molecule has 14 heteroatoms. The summed E-state index contributed by atoms with van der Waals surface area (Å²) in [6.45, 7) is 9.56. The zero-order valence-corrected chi connectivity index (χ0v) is 33.5. The number of rotatable bonds is 5. The minimum Gasteiger partial charge on any atom is -0.483 e. The molecule has 3 N–H and O–H groups in total. The Labute approximate surface area is 323 Å². The molecular formula is C41H55N5O8S. The van der Waals surface area contributed by atoms with E-state index in [4.69, 9.17) is 14.5 Å². The molecule has 2 aromatic rings. The Morgan fingerprint density at radius 2 is 1.84 bits per heavy atom. The van der Waals surface area contributed by atoms with E-state index in [0.29, 0.717) is 62.8 Å². The lowest BCUT2D eigenvalue weighted by Gasteiger charge is -2.48. The first-order valence-corrected chi connectivity index (χ1v) is 21.3. The number of amides is 4. The van der Waals surface area contributed by atoms with Crippen LogP contribution in [-0.4, -0.2) is 83.2 Å². The highest BCUT2D eigenvalue weighted by atomic mass is 32.2. The third-order valence-corrected chi connectivity index (χ3v) is 14.4. The number of allylic oxidation sites excluding steroid dienone is 1. The van der Waals surface area contributed by atoms with Crippen LogP contribution in [0.4, 0.5) is 4.79 Å². The van der Waals surface area contributed by atoms with Crippen molar-refractivity contribution in [1.29, 1.82) is 0 Å². The van der Waals surface area contributed by atoms with Crippen LogP contribution in [0.15, 0.2) is 36.4 Å². The summed E-state index contributed by atoms with van der Waals surface area (Å²) in [7, 11) is -3.99. The summed E-state index contributed by atoms with van der Waals surface area (Å²) in [5.74, 6) is -1.56. The molecule has 298 valence electrons. The van der Waals surface area contributed by atoms with Gasteiger partial charge in [-0.15, -0.1) is 0 Å². The summed E-state index contributed by atoms with van der Waals surface area (Å²) in [6, 6.07) is 5.84. The Hall–Kier alpha value is -4.20. The topological polar surface area (TPSA) is 173 Å². The summed E-state index contributed by atoms with van der Waals surface area (Å²) in [4.78, 5) is 63.1. The summed E-state index contributed by atoms with van der Waals surface area (Å²) >= 11 is 0. The molecule has 5 unspecified atom stereocenters. The Kier molecular flexibility index (Phi) is 10.2. The minimum absolute atomic E-state index is 0.0696. The van der Waals surface area contributed by atoms with Gasteiger partial charge in [0.1, 0.15) is 29.0 Å². The van der Waals surface area contributed by atoms with Crippen molar-refractivity contribution in [1.82, 2.24) is 25.2 Å². The number of aryl methyl sites for hydroxylation is 2. The zero-order chi connectivity index (χ0) is 39.4. The second-order valence-electron chi connectivity index (χ2n) is 17.9. The van der Waals surface area contributed by atoms with Gasteiger partial charge in [-0.1, -0.05) is 64.0 Å². The molecule has 2 saturated carbocycles. The van der Waals surface area contributed by atoms with Crippen LogP contribution in [0.2, 0.25) is 0 Å². The molecule has 5 aliphatic rings. The van der Waals surface area contributed by atoms with Gasteiger partial charge < -0.3 is 25.0 Å². The number of hydrogen-bond acceptors (Lipinski definition) is 9. The predicted molar refractivity (Wildman–Crippen MR) is 207 cm³/mol. The van der Waals surface area contributed by atoms with Crippen molar-refractivity contribution in [3.05, 3.63) is 47.7 Å². The molecule has 3 fully saturated rings. The molecule has 1 saturated heterocycles. The van der Waals surface area contributed by atoms with Gasteiger partial charge in [0.05, 0.1) is 29.1 Å². The number of sulfonamides is 1. The zero-order valence-electron chi connectivity index (χ0n) is 32.7. The van der Waals surface area contributed by atoms with E-state index in [-0.39, 0.29) is 31.4 Å². The van der Waals surface area contributed by atoms with E-state index in [0.717, 1.165) is 29.3 Å². The lowest BCUT2D eigenvalue weighted by molar-refractivity contribution is -0.144. The predicted octanol–water partition coefficient (Wildman–Crippen LogP) is 5.13. The number of carbonyl (C=O) groups excluding carboxylic acids is 4. The number of pyridine rings is 1. The Balaban J connectivity index is 1.23. The van der Waals surface area contributed by atoms with Gasteiger partial charge in [0.2, 0.25) is 21.8 Å². The number of para-hydroxylation sites is 1. The highest BCUT2D eigenvalue weighted by Crippen LogP contribution is 2.47. The van der Waals surface area contributed by atoms with Crippen LogP contribution in [0.1, 0.15) is 110 Å². The number of carbonyl (C=O) groups is 4. The average molecular weight is 778 g/mol. The molecule has 1 aromatic carbocycles. The monoisotopic (exact) mass is 777 g/mol. The van der Waals surface area contributed by atoms with Gasteiger partial charge in [0, 0.05) is 23.3 Å². The fourth-order valence-electron chi connectivity index (χ4n) is 8.48. The molecule has 0 bridgehead atoms. The fourth-order valence-corrected chi connectivity index (χ4v) is 9.79. The van der Waals surface area contributed by atoms with Crippen molar-refractivity contribution in [3.63, 3.8) is 0 Å². The van der Waals surface area contributed by atoms with Crippen molar-refractivity contribution in [3.8, 4) is 5.75 Å². The average Bonchev–Trinajstić information content (AvgIpc) is 3.79. The standard InChI is InChI=1S/C41H55N5O8S/c1-26-33-29(28-14-11-12-15-30(28)42-26)18-19-40(54-33)23-32-34(47)44-41(36(49)45-55(51,52)39(5)21-22-39)20-17-27(41)13-9-7-6-8-10-16-31(35(48)46(32)24-40)43-37(50)53-25-38(2,3)4/h9,11-15,27,31-32H,6-8,10,16-25H2,1-5H3,(H,43,50)(H,44,47)(H,45,49). The lowest BCUT2D eigenvalue weighted by Crippen LogP contribution is -2.70. The smallest absolute Gasteiger partial charge is 0.407 e. The molecule has 2 aliphatic carbocycles. The number of nitrogens with zero attached hydrogens (tertiary/aromatic N) is 2. The first kappa shape index (κ1) is 39.1. The van der Waals surface area contributed by atoms with Gasteiger partial charge in [0.15, 0.2) is 0 Å². The van der Waals surface area contributed by atoms with Gasteiger partial charge in [-0.2, -0.15) is 0 Å². The van der Waals surface area contributed by atoms with E-state index in [1.807, 2.05) is 64.1 Å². The van der Waals surface area contributed by atoms with Crippen LogP contribution in [0.25, 0.3) is 10.9 Å². The van der Waals surface area contributed by atoms with Crippen molar-refractivity contribution >= 4 is 44.7 Å². The molecule has 1 spiro atoms. The molecule has 3 aliphatic heterocycles. The molecule has 4 amide bonds. The number of alkyl carbamates (subject to hydrolysis) is 1. The van der Waals surface area contributed by atoms with Crippen LogP contribution >= 0.6 is 0 Å². The molecule has 4 heterocycles. The highest BCUT2D eigenvalue weighted by Gasteiger charge is 2.59. The second-order valence-corrected chi connectivity index (χ2v) is 20.1. The van der Waals surface area contributed by atoms with Crippen LogP contribution in [0, 0.1) is 18.3 Å². The number of aromatic nitrogens is 1. The number of nitrogens with one attached hydrogen (secondary N) is 3. The van der Waals surface area contributed by atoms with Crippen molar-refractivity contribution in [2.75, 3.05) is 13.2 Å². The van der Waals surface area contributed by atoms with E-state index in [1.54, 1.807) is 6.92 Å². The summed E-state index contributed by atoms with van der Waals surface area (Å²) < 4.78 is 40.3. The molecule has 13 nitrogen and oxygen atoms in total. The Morgan fingerprint density at radius 3 is 2.55 bits per heavy atom. The molecular weight excluding hydrogens is 723 g/mol.